The third kappa shape index (κ3) is 2.05. The number of fused-ring (bicyclic) bond motifs is 2. The van der Waals surface area contributed by atoms with E-state index in [1.165, 1.54) is 0 Å². The Morgan fingerprint density at radius 1 is 1.18 bits per heavy atom. The topological polar surface area (TPSA) is 58.9 Å². The first-order chi connectivity index (χ1) is 10.6. The molecule has 4 aromatic rings. The van der Waals surface area contributed by atoms with Crippen LogP contribution in [0.1, 0.15) is 5.56 Å². The highest BCUT2D eigenvalue weighted by Crippen LogP contribution is 2.27. The van der Waals surface area contributed by atoms with Gasteiger partial charge in [0.1, 0.15) is 11.4 Å². The number of benzene rings is 2. The molecule has 4 rings (SSSR count). The van der Waals surface area contributed by atoms with E-state index in [0.717, 1.165) is 26.5 Å². The lowest BCUT2D eigenvalue weighted by atomic mass is 10.1. The molecule has 0 unspecified atom stereocenters. The van der Waals surface area contributed by atoms with Gasteiger partial charge in [0.25, 0.3) is 0 Å². The minimum absolute atomic E-state index is 0.406. The molecule has 5 heteroatoms. The molecule has 0 amide bonds. The number of rotatable bonds is 1. The normalized spacial score (nSPS) is 11.4. The van der Waals surface area contributed by atoms with Crippen LogP contribution in [0, 0.1) is 6.92 Å². The summed E-state index contributed by atoms with van der Waals surface area (Å²) >= 11 is 3.43. The highest BCUT2D eigenvalue weighted by Gasteiger charge is 2.13. The van der Waals surface area contributed by atoms with Gasteiger partial charge in [-0.15, -0.1) is 0 Å². The maximum absolute atomic E-state index is 12.3. The van der Waals surface area contributed by atoms with Crippen LogP contribution in [0.15, 0.2) is 56.1 Å². The fraction of sp³-hybridized carbons (Fsp3) is 0.0588. The van der Waals surface area contributed by atoms with Crippen molar-refractivity contribution < 1.29 is 4.42 Å². The van der Waals surface area contributed by atoms with E-state index in [0.29, 0.717) is 17.0 Å². The van der Waals surface area contributed by atoms with E-state index in [-0.39, 0.29) is 0 Å². The Morgan fingerprint density at radius 3 is 2.82 bits per heavy atom. The van der Waals surface area contributed by atoms with E-state index in [1.807, 2.05) is 49.4 Å². The van der Waals surface area contributed by atoms with Gasteiger partial charge in [-0.25, -0.2) is 9.78 Å². The fourth-order valence-electron chi connectivity index (χ4n) is 2.58. The van der Waals surface area contributed by atoms with Crippen molar-refractivity contribution in [2.24, 2.45) is 0 Å². The van der Waals surface area contributed by atoms with Crippen molar-refractivity contribution >= 4 is 37.9 Å². The van der Waals surface area contributed by atoms with Gasteiger partial charge in [-0.2, -0.15) is 0 Å². The minimum atomic E-state index is -0.406. The summed E-state index contributed by atoms with van der Waals surface area (Å²) in [6.45, 7) is 2.00. The van der Waals surface area contributed by atoms with E-state index in [1.54, 1.807) is 0 Å². The predicted molar refractivity (Wildman–Crippen MR) is 90.0 cm³/mol. The molecule has 0 bridgehead atoms. The Hall–Kier alpha value is -2.40. The van der Waals surface area contributed by atoms with Gasteiger partial charge < -0.3 is 9.40 Å². The highest BCUT2D eigenvalue weighted by molar-refractivity contribution is 9.10. The summed E-state index contributed by atoms with van der Waals surface area (Å²) in [6, 6.07) is 13.4. The molecular formula is C17H11BrN2O2. The Balaban J connectivity index is 2.02. The molecule has 0 aliphatic rings. The molecule has 0 atom stereocenters. The van der Waals surface area contributed by atoms with Gasteiger partial charge >= 0.3 is 5.63 Å². The van der Waals surface area contributed by atoms with Crippen LogP contribution >= 0.6 is 15.9 Å². The van der Waals surface area contributed by atoms with Crippen LogP contribution in [-0.2, 0) is 0 Å². The van der Waals surface area contributed by atoms with Crippen LogP contribution in [0.4, 0.5) is 0 Å². The molecule has 0 radical (unpaired) electrons. The van der Waals surface area contributed by atoms with E-state index < -0.39 is 5.63 Å². The Labute approximate surface area is 133 Å². The number of hydrogen-bond acceptors (Lipinski definition) is 3. The fourth-order valence-corrected chi connectivity index (χ4v) is 3.25. The Bertz CT molecular complexity index is 1050. The van der Waals surface area contributed by atoms with Crippen molar-refractivity contribution in [3.8, 4) is 11.4 Å². The summed E-state index contributed by atoms with van der Waals surface area (Å²) < 4.78 is 6.24. The summed E-state index contributed by atoms with van der Waals surface area (Å²) in [5.74, 6) is 0.523. The van der Waals surface area contributed by atoms with Gasteiger partial charge in [0.2, 0.25) is 0 Å². The SMILES string of the molecule is Cc1cc(Br)c2oc(=O)c(-c3nc4ccccc4[nH]3)cc2c1. The third-order valence-electron chi connectivity index (χ3n) is 3.58. The van der Waals surface area contributed by atoms with Crippen LogP contribution in [0.25, 0.3) is 33.4 Å². The number of halogens is 1. The number of hydrogen-bond donors (Lipinski definition) is 1. The predicted octanol–water partition coefficient (Wildman–Crippen LogP) is 4.41. The third-order valence-corrected chi connectivity index (χ3v) is 4.16. The van der Waals surface area contributed by atoms with Crippen molar-refractivity contribution in [2.75, 3.05) is 0 Å². The van der Waals surface area contributed by atoms with Gasteiger partial charge in [0.15, 0.2) is 5.58 Å². The molecule has 108 valence electrons. The first-order valence-electron chi connectivity index (χ1n) is 6.81. The van der Waals surface area contributed by atoms with E-state index in [4.69, 9.17) is 4.42 Å². The van der Waals surface area contributed by atoms with Crippen LogP contribution in [0.3, 0.4) is 0 Å². The average Bonchev–Trinajstić information content (AvgIpc) is 2.91. The first kappa shape index (κ1) is 13.3. The summed E-state index contributed by atoms with van der Waals surface area (Å²) in [5.41, 5.74) is 3.38. The number of para-hydroxylation sites is 2. The summed E-state index contributed by atoms with van der Waals surface area (Å²) in [4.78, 5) is 19.9. The molecule has 0 fully saturated rings. The number of H-pyrrole nitrogens is 1. The van der Waals surface area contributed by atoms with E-state index >= 15 is 0 Å². The summed E-state index contributed by atoms with van der Waals surface area (Å²) in [7, 11) is 0. The molecule has 2 aromatic heterocycles. The van der Waals surface area contributed by atoms with Crippen LogP contribution in [0.2, 0.25) is 0 Å². The quantitative estimate of drug-likeness (QED) is 0.515. The largest absolute Gasteiger partial charge is 0.421 e. The maximum atomic E-state index is 12.3. The number of aromatic nitrogens is 2. The van der Waals surface area contributed by atoms with Crippen LogP contribution in [-0.4, -0.2) is 9.97 Å². The van der Waals surface area contributed by atoms with Crippen molar-refractivity contribution in [2.45, 2.75) is 6.92 Å². The smallest absolute Gasteiger partial charge is 0.347 e. The molecule has 1 N–H and O–H groups in total. The molecule has 0 saturated carbocycles. The second kappa shape index (κ2) is 4.81. The zero-order chi connectivity index (χ0) is 15.3. The lowest BCUT2D eigenvalue weighted by molar-refractivity contribution is 0.561. The maximum Gasteiger partial charge on any atom is 0.347 e. The van der Waals surface area contributed by atoms with Gasteiger partial charge in [-0.05, 0) is 58.7 Å². The van der Waals surface area contributed by atoms with Crippen LogP contribution < -0.4 is 5.63 Å². The first-order valence-corrected chi connectivity index (χ1v) is 7.60. The lowest BCUT2D eigenvalue weighted by Gasteiger charge is -2.03. The second-order valence-corrected chi connectivity index (χ2v) is 6.07. The molecule has 2 aromatic carbocycles. The van der Waals surface area contributed by atoms with Gasteiger partial charge in [0.05, 0.1) is 15.5 Å². The van der Waals surface area contributed by atoms with Crippen molar-refractivity contribution in [3.63, 3.8) is 0 Å². The molecular weight excluding hydrogens is 344 g/mol. The molecule has 2 heterocycles. The van der Waals surface area contributed by atoms with Gasteiger partial charge in [0, 0.05) is 5.39 Å². The van der Waals surface area contributed by atoms with Crippen molar-refractivity contribution in [3.05, 3.63) is 62.9 Å². The Kier molecular flexibility index (Phi) is 2.90. The number of aromatic amines is 1. The molecule has 4 nitrogen and oxygen atoms in total. The zero-order valence-electron chi connectivity index (χ0n) is 11.7. The number of nitrogens with one attached hydrogen (secondary N) is 1. The Morgan fingerprint density at radius 2 is 2.00 bits per heavy atom. The minimum Gasteiger partial charge on any atom is -0.421 e. The zero-order valence-corrected chi connectivity index (χ0v) is 13.3. The molecule has 0 aliphatic heterocycles. The second-order valence-electron chi connectivity index (χ2n) is 5.22. The van der Waals surface area contributed by atoms with Crippen molar-refractivity contribution in [1.82, 2.24) is 9.97 Å². The van der Waals surface area contributed by atoms with Crippen molar-refractivity contribution in [1.29, 1.82) is 0 Å². The van der Waals surface area contributed by atoms with E-state index in [2.05, 4.69) is 25.9 Å². The number of nitrogens with zero attached hydrogens (tertiary/aromatic N) is 1. The van der Waals surface area contributed by atoms with E-state index in [9.17, 15) is 4.79 Å². The molecule has 0 aliphatic carbocycles. The molecule has 0 spiro atoms. The monoisotopic (exact) mass is 354 g/mol. The van der Waals surface area contributed by atoms with Crippen LogP contribution in [0.5, 0.6) is 0 Å². The average molecular weight is 355 g/mol. The lowest BCUT2D eigenvalue weighted by Crippen LogP contribution is -2.04. The van der Waals surface area contributed by atoms with Gasteiger partial charge in [-0.3, -0.25) is 0 Å². The summed E-state index contributed by atoms with van der Waals surface area (Å²) in [6.07, 6.45) is 0. The standard InChI is InChI=1S/C17H11BrN2O2/c1-9-6-10-8-11(17(21)22-15(10)12(18)7-9)16-19-13-4-2-3-5-14(13)20-16/h2-8H,1H3,(H,19,20). The molecule has 22 heavy (non-hydrogen) atoms. The number of aryl methyl sites for hydroxylation is 1. The van der Waals surface area contributed by atoms with Gasteiger partial charge in [-0.1, -0.05) is 12.1 Å². The highest BCUT2D eigenvalue weighted by atomic mass is 79.9. The molecule has 0 saturated heterocycles. The summed E-state index contributed by atoms with van der Waals surface area (Å²) in [5, 5.41) is 0.863. The number of imidazole rings is 1.